The molecule has 0 aliphatic heterocycles. The van der Waals surface area contributed by atoms with E-state index in [4.69, 9.17) is 5.73 Å². The number of hydrogen-bond acceptors (Lipinski definition) is 3. The van der Waals surface area contributed by atoms with Crippen molar-refractivity contribution >= 4 is 17.4 Å². The molecule has 0 spiro atoms. The van der Waals surface area contributed by atoms with Crippen molar-refractivity contribution < 1.29 is 9.18 Å². The zero-order valence-corrected chi connectivity index (χ0v) is 10.1. The SMILES string of the molecule is Cc1ccc(F)c(NC(=O)c2cc(N)nn2C)c1. The number of hydrogen-bond donors (Lipinski definition) is 2. The van der Waals surface area contributed by atoms with Crippen LogP contribution in [0.4, 0.5) is 15.9 Å². The summed E-state index contributed by atoms with van der Waals surface area (Å²) in [5, 5.41) is 6.34. The van der Waals surface area contributed by atoms with Crippen LogP contribution in [0.2, 0.25) is 0 Å². The fourth-order valence-corrected chi connectivity index (χ4v) is 1.62. The molecule has 2 aromatic rings. The van der Waals surface area contributed by atoms with Gasteiger partial charge in [-0.2, -0.15) is 5.10 Å². The minimum Gasteiger partial charge on any atom is -0.382 e. The molecule has 6 heteroatoms. The second-order valence-electron chi connectivity index (χ2n) is 4.02. The van der Waals surface area contributed by atoms with E-state index in [1.165, 1.54) is 16.8 Å². The lowest BCUT2D eigenvalue weighted by Gasteiger charge is -2.07. The molecule has 1 aromatic heterocycles. The van der Waals surface area contributed by atoms with E-state index < -0.39 is 11.7 Å². The molecule has 0 unspecified atom stereocenters. The van der Waals surface area contributed by atoms with Crippen LogP contribution in [-0.4, -0.2) is 15.7 Å². The van der Waals surface area contributed by atoms with Crippen molar-refractivity contribution in [3.63, 3.8) is 0 Å². The van der Waals surface area contributed by atoms with Gasteiger partial charge in [0.15, 0.2) is 0 Å². The topological polar surface area (TPSA) is 72.9 Å². The summed E-state index contributed by atoms with van der Waals surface area (Å²) in [6.07, 6.45) is 0. The van der Waals surface area contributed by atoms with Crippen LogP contribution in [-0.2, 0) is 7.05 Å². The zero-order chi connectivity index (χ0) is 13.3. The Kier molecular flexibility index (Phi) is 3.01. The highest BCUT2D eigenvalue weighted by atomic mass is 19.1. The molecule has 0 saturated carbocycles. The van der Waals surface area contributed by atoms with Crippen molar-refractivity contribution in [2.45, 2.75) is 6.92 Å². The largest absolute Gasteiger partial charge is 0.382 e. The van der Waals surface area contributed by atoms with Crippen LogP contribution >= 0.6 is 0 Å². The van der Waals surface area contributed by atoms with Gasteiger partial charge in [0.05, 0.1) is 5.69 Å². The van der Waals surface area contributed by atoms with Crippen molar-refractivity contribution in [3.8, 4) is 0 Å². The average molecular weight is 248 g/mol. The predicted molar refractivity (Wildman–Crippen MR) is 66.7 cm³/mol. The van der Waals surface area contributed by atoms with Gasteiger partial charge in [0.1, 0.15) is 17.3 Å². The molecule has 0 atom stereocenters. The van der Waals surface area contributed by atoms with E-state index in [-0.39, 0.29) is 17.2 Å². The highest BCUT2D eigenvalue weighted by Gasteiger charge is 2.14. The molecule has 0 aliphatic rings. The van der Waals surface area contributed by atoms with Gasteiger partial charge in [-0.15, -0.1) is 0 Å². The molecule has 1 amide bonds. The van der Waals surface area contributed by atoms with Crippen LogP contribution < -0.4 is 11.1 Å². The highest BCUT2D eigenvalue weighted by molar-refractivity contribution is 6.03. The smallest absolute Gasteiger partial charge is 0.274 e. The van der Waals surface area contributed by atoms with Crippen molar-refractivity contribution in [2.24, 2.45) is 7.05 Å². The third-order valence-electron chi connectivity index (χ3n) is 2.50. The molecule has 5 nitrogen and oxygen atoms in total. The lowest BCUT2D eigenvalue weighted by Crippen LogP contribution is -2.16. The van der Waals surface area contributed by atoms with Crippen LogP contribution in [0, 0.1) is 12.7 Å². The number of amides is 1. The van der Waals surface area contributed by atoms with Gasteiger partial charge in [-0.3, -0.25) is 9.48 Å². The highest BCUT2D eigenvalue weighted by Crippen LogP contribution is 2.17. The normalized spacial score (nSPS) is 10.4. The van der Waals surface area contributed by atoms with Crippen molar-refractivity contribution in [1.29, 1.82) is 0 Å². The van der Waals surface area contributed by atoms with Gasteiger partial charge >= 0.3 is 0 Å². The monoisotopic (exact) mass is 248 g/mol. The lowest BCUT2D eigenvalue weighted by atomic mass is 10.2. The average Bonchev–Trinajstić information content (AvgIpc) is 2.63. The minimum absolute atomic E-state index is 0.139. The second kappa shape index (κ2) is 4.48. The second-order valence-corrected chi connectivity index (χ2v) is 4.02. The van der Waals surface area contributed by atoms with Gasteiger partial charge in [0, 0.05) is 13.1 Å². The summed E-state index contributed by atoms with van der Waals surface area (Å²) in [4.78, 5) is 11.9. The molecule has 94 valence electrons. The summed E-state index contributed by atoms with van der Waals surface area (Å²) in [7, 11) is 1.60. The number of aryl methyl sites for hydroxylation is 2. The van der Waals surface area contributed by atoms with Crippen molar-refractivity contribution in [2.75, 3.05) is 11.1 Å². The summed E-state index contributed by atoms with van der Waals surface area (Å²) in [5.74, 6) is -0.692. The number of nitrogen functional groups attached to an aromatic ring is 1. The van der Waals surface area contributed by atoms with Crippen LogP contribution in [0.5, 0.6) is 0 Å². The van der Waals surface area contributed by atoms with E-state index in [0.717, 1.165) is 5.56 Å². The molecule has 18 heavy (non-hydrogen) atoms. The number of anilines is 2. The van der Waals surface area contributed by atoms with Gasteiger partial charge in [-0.05, 0) is 24.6 Å². The Labute approximate surface area is 103 Å². The first-order chi connectivity index (χ1) is 8.47. The quantitative estimate of drug-likeness (QED) is 0.849. The van der Waals surface area contributed by atoms with E-state index in [9.17, 15) is 9.18 Å². The van der Waals surface area contributed by atoms with Gasteiger partial charge < -0.3 is 11.1 Å². The molecule has 0 bridgehead atoms. The molecule has 0 radical (unpaired) electrons. The Morgan fingerprint density at radius 2 is 2.17 bits per heavy atom. The van der Waals surface area contributed by atoms with Gasteiger partial charge in [-0.25, -0.2) is 4.39 Å². The van der Waals surface area contributed by atoms with Gasteiger partial charge in [-0.1, -0.05) is 6.07 Å². The van der Waals surface area contributed by atoms with Gasteiger partial charge in [0.2, 0.25) is 0 Å². The third-order valence-corrected chi connectivity index (χ3v) is 2.50. The first-order valence-electron chi connectivity index (χ1n) is 5.34. The number of nitrogens with two attached hydrogens (primary N) is 1. The maximum Gasteiger partial charge on any atom is 0.274 e. The van der Waals surface area contributed by atoms with Gasteiger partial charge in [0.25, 0.3) is 5.91 Å². The summed E-state index contributed by atoms with van der Waals surface area (Å²) in [5.41, 5.74) is 6.75. The first kappa shape index (κ1) is 12.1. The fraction of sp³-hybridized carbons (Fsp3) is 0.167. The third kappa shape index (κ3) is 2.32. The summed E-state index contributed by atoms with van der Waals surface area (Å²) < 4.78 is 14.8. The number of rotatable bonds is 2. The number of halogens is 1. The molecule has 0 fully saturated rings. The van der Waals surface area contributed by atoms with E-state index >= 15 is 0 Å². The standard InChI is InChI=1S/C12H13FN4O/c1-7-3-4-8(13)9(5-7)15-12(18)10-6-11(14)16-17(10)2/h3-6H,1-2H3,(H2,14,16)(H,15,18). The Bertz CT molecular complexity index is 606. The number of carbonyl (C=O) groups excluding carboxylic acids is 1. The fourth-order valence-electron chi connectivity index (χ4n) is 1.62. The van der Waals surface area contributed by atoms with Crippen molar-refractivity contribution in [1.82, 2.24) is 9.78 Å². The van der Waals surface area contributed by atoms with E-state index in [0.29, 0.717) is 0 Å². The van der Waals surface area contributed by atoms with E-state index in [1.54, 1.807) is 19.2 Å². The Morgan fingerprint density at radius 3 is 2.78 bits per heavy atom. The summed E-state index contributed by atoms with van der Waals surface area (Å²) in [6.45, 7) is 1.82. The first-order valence-corrected chi connectivity index (χ1v) is 5.34. The number of nitrogens with zero attached hydrogens (tertiary/aromatic N) is 2. The minimum atomic E-state index is -0.482. The molecule has 1 heterocycles. The van der Waals surface area contributed by atoms with Crippen LogP contribution in [0.25, 0.3) is 0 Å². The summed E-state index contributed by atoms with van der Waals surface area (Å²) >= 11 is 0. The molecule has 0 aliphatic carbocycles. The Balaban J connectivity index is 2.26. The number of nitrogens with one attached hydrogen (secondary N) is 1. The molecule has 3 N–H and O–H groups in total. The summed E-state index contributed by atoms with van der Waals surface area (Å²) in [6, 6.07) is 5.94. The number of aromatic nitrogens is 2. The van der Waals surface area contributed by atoms with Crippen LogP contribution in [0.1, 0.15) is 16.1 Å². The Morgan fingerprint density at radius 1 is 1.44 bits per heavy atom. The molecular weight excluding hydrogens is 235 g/mol. The van der Waals surface area contributed by atoms with E-state index in [2.05, 4.69) is 10.4 Å². The molecule has 0 saturated heterocycles. The molecule has 1 aromatic carbocycles. The van der Waals surface area contributed by atoms with Crippen LogP contribution in [0.15, 0.2) is 24.3 Å². The maximum atomic E-state index is 13.5. The Hall–Kier alpha value is -2.37. The van der Waals surface area contributed by atoms with E-state index in [1.807, 2.05) is 6.92 Å². The predicted octanol–water partition coefficient (Wildman–Crippen LogP) is 1.70. The van der Waals surface area contributed by atoms with Crippen LogP contribution in [0.3, 0.4) is 0 Å². The lowest BCUT2D eigenvalue weighted by molar-refractivity contribution is 0.101. The number of benzene rings is 1. The zero-order valence-electron chi connectivity index (χ0n) is 10.1. The number of carbonyl (C=O) groups is 1. The van der Waals surface area contributed by atoms with Crippen molar-refractivity contribution in [3.05, 3.63) is 41.3 Å². The maximum absolute atomic E-state index is 13.5. The molecular formula is C12H13FN4O. The molecule has 2 rings (SSSR count).